The standard InChI is InChI=1S/C19H25F2N7O4/c1-3-27(6-5-23-26(2)18(29)24-16-4-7-31-25-16)17-14(20)8-12(9-15(17)21)28-11-13(10-22)32-19(28)30/h4,7-9,13,23H,3,5-6,10-11,22H2,1-2H3,(H,24,25,29)/t13-/m0/s1. The highest BCUT2D eigenvalue weighted by Gasteiger charge is 2.32. The van der Waals surface area contributed by atoms with E-state index in [1.165, 1.54) is 29.3 Å². The monoisotopic (exact) mass is 453 g/mol. The first kappa shape index (κ1) is 23.2. The zero-order valence-corrected chi connectivity index (χ0v) is 17.7. The SMILES string of the molecule is CCN(CCNN(C)C(=O)Nc1ccon1)c1c(F)cc(N2C[C@H](CN)OC2=O)cc1F. The Labute approximate surface area is 183 Å². The molecule has 1 atom stereocenters. The summed E-state index contributed by atoms with van der Waals surface area (Å²) < 4.78 is 39.3. The first-order valence-corrected chi connectivity index (χ1v) is 9.94. The Morgan fingerprint density at radius 1 is 1.38 bits per heavy atom. The van der Waals surface area contributed by atoms with Gasteiger partial charge in [-0.2, -0.15) is 0 Å². The number of ether oxygens (including phenoxy) is 1. The van der Waals surface area contributed by atoms with Crippen molar-refractivity contribution in [1.82, 2.24) is 15.6 Å². The highest BCUT2D eigenvalue weighted by Crippen LogP contribution is 2.30. The van der Waals surface area contributed by atoms with Crippen molar-refractivity contribution in [3.8, 4) is 0 Å². The van der Waals surface area contributed by atoms with Crippen molar-refractivity contribution in [1.29, 1.82) is 0 Å². The van der Waals surface area contributed by atoms with Gasteiger partial charge in [-0.1, -0.05) is 5.16 Å². The summed E-state index contributed by atoms with van der Waals surface area (Å²) in [5.74, 6) is -1.38. The van der Waals surface area contributed by atoms with Crippen molar-refractivity contribution < 1.29 is 27.6 Å². The quantitative estimate of drug-likeness (QED) is 0.490. The number of urea groups is 1. The second-order valence-corrected chi connectivity index (χ2v) is 6.97. The molecule has 1 aliphatic rings. The van der Waals surface area contributed by atoms with Gasteiger partial charge in [0.05, 0.1) is 12.2 Å². The molecule has 3 amide bonds. The topological polar surface area (TPSA) is 129 Å². The number of carbonyl (C=O) groups excluding carboxylic acids is 2. The van der Waals surface area contributed by atoms with Gasteiger partial charge in [0.25, 0.3) is 0 Å². The molecule has 2 heterocycles. The van der Waals surface area contributed by atoms with Crippen molar-refractivity contribution in [3.63, 3.8) is 0 Å². The Morgan fingerprint density at radius 3 is 2.66 bits per heavy atom. The Kier molecular flexibility index (Phi) is 7.43. The van der Waals surface area contributed by atoms with Gasteiger partial charge in [0.2, 0.25) is 0 Å². The van der Waals surface area contributed by atoms with Gasteiger partial charge in [-0.05, 0) is 6.92 Å². The molecule has 1 aromatic carbocycles. The summed E-state index contributed by atoms with van der Waals surface area (Å²) in [5.41, 5.74) is 8.17. The van der Waals surface area contributed by atoms with E-state index in [-0.39, 0.29) is 43.4 Å². The molecule has 0 bridgehead atoms. The van der Waals surface area contributed by atoms with E-state index in [9.17, 15) is 18.4 Å². The van der Waals surface area contributed by atoms with Gasteiger partial charge in [-0.25, -0.2) is 23.8 Å². The maximum atomic E-state index is 14.8. The molecule has 1 aromatic heterocycles. The number of nitrogens with zero attached hydrogens (tertiary/aromatic N) is 4. The van der Waals surface area contributed by atoms with E-state index < -0.39 is 29.9 Å². The molecular formula is C19H25F2N7O4. The van der Waals surface area contributed by atoms with E-state index in [0.717, 1.165) is 17.0 Å². The molecule has 3 rings (SSSR count). The fourth-order valence-corrected chi connectivity index (χ4v) is 3.19. The van der Waals surface area contributed by atoms with E-state index in [1.807, 2.05) is 0 Å². The predicted molar refractivity (Wildman–Crippen MR) is 112 cm³/mol. The zero-order chi connectivity index (χ0) is 23.3. The Balaban J connectivity index is 1.61. The lowest BCUT2D eigenvalue weighted by Crippen LogP contribution is -2.45. The third-order valence-corrected chi connectivity index (χ3v) is 4.86. The summed E-state index contributed by atoms with van der Waals surface area (Å²) in [5, 5.41) is 7.27. The van der Waals surface area contributed by atoms with Crippen LogP contribution in [0.2, 0.25) is 0 Å². The Hall–Kier alpha value is -3.45. The van der Waals surface area contributed by atoms with Crippen LogP contribution in [-0.2, 0) is 4.74 Å². The summed E-state index contributed by atoms with van der Waals surface area (Å²) in [6, 6.07) is 3.17. The number of anilines is 3. The van der Waals surface area contributed by atoms with Crippen LogP contribution in [0.4, 0.5) is 35.6 Å². The molecule has 0 aliphatic carbocycles. The van der Waals surface area contributed by atoms with Gasteiger partial charge < -0.3 is 19.9 Å². The summed E-state index contributed by atoms with van der Waals surface area (Å²) >= 11 is 0. The highest BCUT2D eigenvalue weighted by atomic mass is 19.1. The number of cyclic esters (lactones) is 1. The minimum Gasteiger partial charge on any atom is -0.443 e. The van der Waals surface area contributed by atoms with Gasteiger partial charge in [0.1, 0.15) is 18.1 Å². The smallest absolute Gasteiger partial charge is 0.414 e. The number of aromatic nitrogens is 1. The van der Waals surface area contributed by atoms with E-state index in [1.54, 1.807) is 6.92 Å². The highest BCUT2D eigenvalue weighted by molar-refractivity contribution is 5.90. The second kappa shape index (κ2) is 10.2. The number of likely N-dealkylation sites (N-methyl/N-ethyl adjacent to an activating group) is 1. The van der Waals surface area contributed by atoms with Crippen LogP contribution < -0.4 is 26.3 Å². The lowest BCUT2D eigenvalue weighted by atomic mass is 10.2. The Bertz CT molecular complexity index is 921. The molecule has 4 N–H and O–H groups in total. The number of amides is 3. The number of benzene rings is 1. The summed E-state index contributed by atoms with van der Waals surface area (Å²) in [6.07, 6.45) is 0.0974. The van der Waals surface area contributed by atoms with E-state index in [0.29, 0.717) is 6.54 Å². The minimum atomic E-state index is -0.817. The van der Waals surface area contributed by atoms with Crippen LogP contribution in [-0.4, -0.2) is 68.2 Å². The summed E-state index contributed by atoms with van der Waals surface area (Å²) in [6.45, 7) is 2.72. The van der Waals surface area contributed by atoms with Crippen LogP contribution in [0, 0.1) is 11.6 Å². The van der Waals surface area contributed by atoms with Crippen LogP contribution in [0.25, 0.3) is 0 Å². The molecule has 1 aliphatic heterocycles. The van der Waals surface area contributed by atoms with E-state index >= 15 is 0 Å². The maximum absolute atomic E-state index is 14.8. The average Bonchev–Trinajstić information content (AvgIpc) is 3.40. The van der Waals surface area contributed by atoms with Gasteiger partial charge in [0.15, 0.2) is 17.5 Å². The molecule has 2 aromatic rings. The number of hydrogen-bond donors (Lipinski definition) is 3. The molecule has 0 spiro atoms. The molecule has 0 saturated carbocycles. The number of nitrogens with one attached hydrogen (secondary N) is 2. The van der Waals surface area contributed by atoms with Gasteiger partial charge >= 0.3 is 12.1 Å². The molecule has 13 heteroatoms. The number of rotatable bonds is 9. The first-order chi connectivity index (χ1) is 15.3. The van der Waals surface area contributed by atoms with Crippen LogP contribution >= 0.6 is 0 Å². The third kappa shape index (κ3) is 5.23. The van der Waals surface area contributed by atoms with Crippen molar-refractivity contribution in [2.24, 2.45) is 5.73 Å². The van der Waals surface area contributed by atoms with Gasteiger partial charge in [-0.15, -0.1) is 0 Å². The van der Waals surface area contributed by atoms with Crippen molar-refractivity contribution >= 4 is 29.3 Å². The molecule has 0 unspecified atom stereocenters. The largest absolute Gasteiger partial charge is 0.443 e. The average molecular weight is 453 g/mol. The molecular weight excluding hydrogens is 428 g/mol. The number of halogens is 2. The molecule has 174 valence electrons. The van der Waals surface area contributed by atoms with Gasteiger partial charge in [0, 0.05) is 51.4 Å². The maximum Gasteiger partial charge on any atom is 0.414 e. The zero-order valence-electron chi connectivity index (χ0n) is 17.7. The first-order valence-electron chi connectivity index (χ1n) is 9.94. The predicted octanol–water partition coefficient (Wildman–Crippen LogP) is 1.73. The molecule has 1 saturated heterocycles. The van der Waals surface area contributed by atoms with E-state index in [2.05, 4.69) is 20.4 Å². The fourth-order valence-electron chi connectivity index (χ4n) is 3.19. The molecule has 0 radical (unpaired) electrons. The van der Waals surface area contributed by atoms with Crippen LogP contribution in [0.3, 0.4) is 0 Å². The lowest BCUT2D eigenvalue weighted by molar-refractivity contribution is 0.145. The van der Waals surface area contributed by atoms with Crippen molar-refractivity contribution in [3.05, 3.63) is 36.1 Å². The number of hydrogen-bond acceptors (Lipinski definition) is 8. The van der Waals surface area contributed by atoms with Gasteiger partial charge in [-0.3, -0.25) is 15.2 Å². The number of hydrazine groups is 1. The summed E-state index contributed by atoms with van der Waals surface area (Å²) in [7, 11) is 1.49. The van der Waals surface area contributed by atoms with Crippen molar-refractivity contribution in [2.75, 3.05) is 54.9 Å². The minimum absolute atomic E-state index is 0.0585. The summed E-state index contributed by atoms with van der Waals surface area (Å²) in [4.78, 5) is 26.6. The molecule has 1 fully saturated rings. The van der Waals surface area contributed by atoms with Crippen LogP contribution in [0.1, 0.15) is 6.92 Å². The molecule has 32 heavy (non-hydrogen) atoms. The number of nitrogens with two attached hydrogens (primary N) is 1. The molecule has 11 nitrogen and oxygen atoms in total. The normalized spacial score (nSPS) is 15.6. The second-order valence-electron chi connectivity index (χ2n) is 6.97. The Morgan fingerprint density at radius 2 is 2.09 bits per heavy atom. The number of carbonyl (C=O) groups is 2. The fraction of sp³-hybridized carbons (Fsp3) is 0.421. The van der Waals surface area contributed by atoms with Crippen molar-refractivity contribution in [2.45, 2.75) is 13.0 Å². The van der Waals surface area contributed by atoms with Crippen LogP contribution in [0.5, 0.6) is 0 Å². The lowest BCUT2D eigenvalue weighted by Gasteiger charge is -2.27. The third-order valence-electron chi connectivity index (χ3n) is 4.86. The van der Waals surface area contributed by atoms with E-state index in [4.69, 9.17) is 10.5 Å². The van der Waals surface area contributed by atoms with Crippen LogP contribution in [0.15, 0.2) is 29.0 Å².